The van der Waals surface area contributed by atoms with Crippen LogP contribution in [0.15, 0.2) is 18.2 Å². The summed E-state index contributed by atoms with van der Waals surface area (Å²) < 4.78 is 10.7. The van der Waals surface area contributed by atoms with Crippen LogP contribution in [-0.4, -0.2) is 19.8 Å². The molecule has 1 rings (SSSR count). The maximum Gasteiger partial charge on any atom is 0.120 e. The molecule has 0 spiro atoms. The Morgan fingerprint density at radius 1 is 1.14 bits per heavy atom. The van der Waals surface area contributed by atoms with Crippen LogP contribution >= 0.6 is 0 Å². The smallest absolute Gasteiger partial charge is 0.120 e. The SMILES string of the molecule is COCC(C)Oc1cc(C)cc(C)c1. The van der Waals surface area contributed by atoms with E-state index in [-0.39, 0.29) is 6.10 Å². The molecule has 0 aromatic heterocycles. The predicted octanol–water partition coefficient (Wildman–Crippen LogP) is 2.72. The Kier molecular flexibility index (Phi) is 3.96. The second kappa shape index (κ2) is 5.01. The molecule has 0 bridgehead atoms. The second-order valence-electron chi connectivity index (χ2n) is 3.71. The molecule has 1 unspecified atom stereocenters. The highest BCUT2D eigenvalue weighted by Crippen LogP contribution is 2.17. The fraction of sp³-hybridized carbons (Fsp3) is 0.500. The molecule has 0 radical (unpaired) electrons. The number of hydrogen-bond acceptors (Lipinski definition) is 2. The first-order chi connectivity index (χ1) is 6.61. The van der Waals surface area contributed by atoms with E-state index in [9.17, 15) is 0 Å². The van der Waals surface area contributed by atoms with Crippen LogP contribution in [0.2, 0.25) is 0 Å². The number of benzene rings is 1. The van der Waals surface area contributed by atoms with Gasteiger partial charge in [-0.05, 0) is 44.0 Å². The van der Waals surface area contributed by atoms with E-state index in [2.05, 4.69) is 19.9 Å². The molecule has 0 aliphatic rings. The summed E-state index contributed by atoms with van der Waals surface area (Å²) in [4.78, 5) is 0. The van der Waals surface area contributed by atoms with Gasteiger partial charge >= 0.3 is 0 Å². The highest BCUT2D eigenvalue weighted by atomic mass is 16.5. The van der Waals surface area contributed by atoms with Gasteiger partial charge in [0, 0.05) is 7.11 Å². The summed E-state index contributed by atoms with van der Waals surface area (Å²) in [5.74, 6) is 0.923. The van der Waals surface area contributed by atoms with Crippen LogP contribution in [0.5, 0.6) is 5.75 Å². The Morgan fingerprint density at radius 2 is 1.71 bits per heavy atom. The van der Waals surface area contributed by atoms with Gasteiger partial charge in [0.15, 0.2) is 0 Å². The zero-order chi connectivity index (χ0) is 10.6. The Morgan fingerprint density at radius 3 is 2.21 bits per heavy atom. The van der Waals surface area contributed by atoms with Crippen LogP contribution in [0, 0.1) is 13.8 Å². The standard InChI is InChI=1S/C12H18O2/c1-9-5-10(2)7-12(6-9)14-11(3)8-13-4/h5-7,11H,8H2,1-4H3. The zero-order valence-corrected chi connectivity index (χ0v) is 9.33. The molecule has 1 atom stereocenters. The number of aryl methyl sites for hydroxylation is 2. The number of rotatable bonds is 4. The molecule has 0 aliphatic heterocycles. The predicted molar refractivity (Wildman–Crippen MR) is 57.9 cm³/mol. The van der Waals surface area contributed by atoms with Crippen molar-refractivity contribution in [3.05, 3.63) is 29.3 Å². The van der Waals surface area contributed by atoms with Crippen LogP contribution < -0.4 is 4.74 Å². The van der Waals surface area contributed by atoms with Gasteiger partial charge in [0.2, 0.25) is 0 Å². The molecule has 1 aromatic rings. The molecule has 2 heteroatoms. The number of ether oxygens (including phenoxy) is 2. The highest BCUT2D eigenvalue weighted by molar-refractivity contribution is 5.33. The van der Waals surface area contributed by atoms with Gasteiger partial charge in [-0.25, -0.2) is 0 Å². The monoisotopic (exact) mass is 194 g/mol. The summed E-state index contributed by atoms with van der Waals surface area (Å²) in [6.07, 6.45) is 0.0983. The van der Waals surface area contributed by atoms with Gasteiger partial charge < -0.3 is 9.47 Å². The Balaban J connectivity index is 2.66. The molecule has 0 N–H and O–H groups in total. The summed E-state index contributed by atoms with van der Waals surface area (Å²) in [5, 5.41) is 0. The van der Waals surface area contributed by atoms with Gasteiger partial charge in [0.25, 0.3) is 0 Å². The third-order valence-corrected chi connectivity index (χ3v) is 1.93. The van der Waals surface area contributed by atoms with Crippen molar-refractivity contribution in [3.63, 3.8) is 0 Å². The molecule has 0 amide bonds. The molecular weight excluding hydrogens is 176 g/mol. The lowest BCUT2D eigenvalue weighted by atomic mass is 10.1. The topological polar surface area (TPSA) is 18.5 Å². The molecular formula is C12H18O2. The van der Waals surface area contributed by atoms with Gasteiger partial charge in [-0.15, -0.1) is 0 Å². The number of methoxy groups -OCH3 is 1. The van der Waals surface area contributed by atoms with Crippen LogP contribution in [0.25, 0.3) is 0 Å². The average Bonchev–Trinajstić information content (AvgIpc) is 2.01. The summed E-state index contributed by atoms with van der Waals surface area (Å²) >= 11 is 0. The van der Waals surface area contributed by atoms with Crippen molar-refractivity contribution in [2.24, 2.45) is 0 Å². The van der Waals surface area contributed by atoms with Crippen molar-refractivity contribution in [1.82, 2.24) is 0 Å². The van der Waals surface area contributed by atoms with Crippen LogP contribution in [0.3, 0.4) is 0 Å². The van der Waals surface area contributed by atoms with E-state index in [4.69, 9.17) is 9.47 Å². The van der Waals surface area contributed by atoms with Crippen molar-refractivity contribution in [2.75, 3.05) is 13.7 Å². The van der Waals surface area contributed by atoms with E-state index in [0.29, 0.717) is 6.61 Å². The van der Waals surface area contributed by atoms with Crippen LogP contribution in [0.1, 0.15) is 18.1 Å². The minimum absolute atomic E-state index is 0.0983. The van der Waals surface area contributed by atoms with E-state index in [0.717, 1.165) is 5.75 Å². The minimum atomic E-state index is 0.0983. The van der Waals surface area contributed by atoms with Gasteiger partial charge in [-0.1, -0.05) is 6.07 Å². The molecule has 1 aromatic carbocycles. The lowest BCUT2D eigenvalue weighted by Gasteiger charge is -2.14. The second-order valence-corrected chi connectivity index (χ2v) is 3.71. The van der Waals surface area contributed by atoms with Crippen molar-refractivity contribution in [1.29, 1.82) is 0 Å². The van der Waals surface area contributed by atoms with E-state index in [1.54, 1.807) is 7.11 Å². The van der Waals surface area contributed by atoms with E-state index in [1.807, 2.05) is 19.1 Å². The summed E-state index contributed by atoms with van der Waals surface area (Å²) in [6.45, 7) is 6.76. The molecule has 0 saturated heterocycles. The summed E-state index contributed by atoms with van der Waals surface area (Å²) in [5.41, 5.74) is 2.45. The fourth-order valence-electron chi connectivity index (χ4n) is 1.50. The van der Waals surface area contributed by atoms with Crippen molar-refractivity contribution < 1.29 is 9.47 Å². The first-order valence-corrected chi connectivity index (χ1v) is 4.85. The molecule has 0 saturated carbocycles. The Bertz CT molecular complexity index is 274. The van der Waals surface area contributed by atoms with Crippen LogP contribution in [0.4, 0.5) is 0 Å². The minimum Gasteiger partial charge on any atom is -0.488 e. The molecule has 78 valence electrons. The third-order valence-electron chi connectivity index (χ3n) is 1.93. The fourth-order valence-corrected chi connectivity index (χ4v) is 1.50. The molecule has 0 heterocycles. The first kappa shape index (κ1) is 11.1. The maximum atomic E-state index is 5.69. The largest absolute Gasteiger partial charge is 0.488 e. The van der Waals surface area contributed by atoms with Crippen molar-refractivity contribution in [2.45, 2.75) is 26.9 Å². The summed E-state index contributed by atoms with van der Waals surface area (Å²) in [7, 11) is 1.68. The quantitative estimate of drug-likeness (QED) is 0.733. The van der Waals surface area contributed by atoms with Gasteiger partial charge in [0.05, 0.1) is 6.61 Å². The molecule has 0 fully saturated rings. The normalized spacial score (nSPS) is 12.6. The first-order valence-electron chi connectivity index (χ1n) is 4.85. The molecule has 0 aliphatic carbocycles. The van der Waals surface area contributed by atoms with Crippen molar-refractivity contribution in [3.8, 4) is 5.75 Å². The maximum absolute atomic E-state index is 5.69. The Hall–Kier alpha value is -1.02. The van der Waals surface area contributed by atoms with E-state index < -0.39 is 0 Å². The lowest BCUT2D eigenvalue weighted by Crippen LogP contribution is -2.17. The third kappa shape index (κ3) is 3.38. The van der Waals surface area contributed by atoms with Gasteiger partial charge in [-0.2, -0.15) is 0 Å². The Labute approximate surface area is 85.8 Å². The van der Waals surface area contributed by atoms with E-state index in [1.165, 1.54) is 11.1 Å². The molecule has 2 nitrogen and oxygen atoms in total. The van der Waals surface area contributed by atoms with Gasteiger partial charge in [-0.3, -0.25) is 0 Å². The van der Waals surface area contributed by atoms with E-state index >= 15 is 0 Å². The number of hydrogen-bond donors (Lipinski definition) is 0. The zero-order valence-electron chi connectivity index (χ0n) is 9.33. The lowest BCUT2D eigenvalue weighted by molar-refractivity contribution is 0.0920. The molecule has 14 heavy (non-hydrogen) atoms. The van der Waals surface area contributed by atoms with Gasteiger partial charge in [0.1, 0.15) is 11.9 Å². The highest BCUT2D eigenvalue weighted by Gasteiger charge is 2.03. The summed E-state index contributed by atoms with van der Waals surface area (Å²) in [6, 6.07) is 6.21. The average molecular weight is 194 g/mol. The van der Waals surface area contributed by atoms with Crippen molar-refractivity contribution >= 4 is 0 Å². The van der Waals surface area contributed by atoms with Crippen LogP contribution in [-0.2, 0) is 4.74 Å².